The topological polar surface area (TPSA) is 67.8 Å². The van der Waals surface area contributed by atoms with E-state index in [1.165, 1.54) is 4.70 Å². The fourth-order valence-electron chi connectivity index (χ4n) is 2.81. The molecule has 0 aliphatic rings. The number of nitrogens with one attached hydrogen (secondary N) is 2. The molecule has 0 aliphatic heterocycles. The van der Waals surface area contributed by atoms with Crippen LogP contribution < -0.4 is 20.1 Å². The highest BCUT2D eigenvalue weighted by molar-refractivity contribution is 7.18. The Kier molecular flexibility index (Phi) is 7.08. The van der Waals surface area contributed by atoms with Crippen LogP contribution in [0.15, 0.2) is 47.5 Å². The predicted octanol–water partition coefficient (Wildman–Crippen LogP) is 4.32. The first-order valence-electron chi connectivity index (χ1n) is 9.35. The van der Waals surface area contributed by atoms with Crippen LogP contribution >= 0.6 is 11.3 Å². The van der Waals surface area contributed by atoms with E-state index in [1.54, 1.807) is 25.6 Å². The first kappa shape index (κ1) is 19.9. The number of hydrogen-bond donors (Lipinski definition) is 2. The SMILES string of the molecule is CCNC(=NCCCc1nc2ccccc2s1)Nc1ccc(OC)c(OC)c1. The molecule has 0 unspecified atom stereocenters. The van der Waals surface area contributed by atoms with E-state index in [0.29, 0.717) is 11.5 Å². The maximum atomic E-state index is 5.36. The summed E-state index contributed by atoms with van der Waals surface area (Å²) in [6.07, 6.45) is 1.88. The van der Waals surface area contributed by atoms with Gasteiger partial charge in [-0.15, -0.1) is 11.3 Å². The van der Waals surface area contributed by atoms with Gasteiger partial charge in [0.05, 0.1) is 29.4 Å². The highest BCUT2D eigenvalue weighted by Gasteiger charge is 2.07. The van der Waals surface area contributed by atoms with Crippen molar-refractivity contribution in [1.29, 1.82) is 0 Å². The summed E-state index contributed by atoms with van der Waals surface area (Å²) in [4.78, 5) is 9.36. The molecule has 0 radical (unpaired) electrons. The number of aliphatic imine (C=N–C) groups is 1. The molecule has 1 aromatic heterocycles. The number of rotatable bonds is 8. The van der Waals surface area contributed by atoms with Crippen molar-refractivity contribution in [3.63, 3.8) is 0 Å². The van der Waals surface area contributed by atoms with Gasteiger partial charge in [0.2, 0.25) is 0 Å². The van der Waals surface area contributed by atoms with Crippen LogP contribution in [0.3, 0.4) is 0 Å². The summed E-state index contributed by atoms with van der Waals surface area (Å²) in [5.41, 5.74) is 1.97. The summed E-state index contributed by atoms with van der Waals surface area (Å²) in [5.74, 6) is 2.13. The third-order valence-electron chi connectivity index (χ3n) is 4.15. The standard InChI is InChI=1S/C21H26N4O2S/c1-4-22-21(24-15-11-12-17(26-2)18(14-15)27-3)23-13-7-10-20-25-16-8-5-6-9-19(16)28-20/h5-6,8-9,11-12,14H,4,7,10,13H2,1-3H3,(H2,22,23,24). The highest BCUT2D eigenvalue weighted by atomic mass is 32.1. The zero-order valence-corrected chi connectivity index (χ0v) is 17.3. The molecule has 148 valence electrons. The Morgan fingerprint density at radius 1 is 1.11 bits per heavy atom. The molecule has 0 aliphatic carbocycles. The first-order chi connectivity index (χ1) is 13.7. The van der Waals surface area contributed by atoms with Crippen LogP contribution in [0.1, 0.15) is 18.4 Å². The fourth-order valence-corrected chi connectivity index (χ4v) is 3.81. The van der Waals surface area contributed by atoms with Crippen LogP contribution in [0.2, 0.25) is 0 Å². The quantitative estimate of drug-likeness (QED) is 0.336. The number of nitrogens with zero attached hydrogens (tertiary/aromatic N) is 2. The summed E-state index contributed by atoms with van der Waals surface area (Å²) in [5, 5.41) is 7.75. The van der Waals surface area contributed by atoms with Crippen molar-refractivity contribution in [3.05, 3.63) is 47.5 Å². The Morgan fingerprint density at radius 2 is 1.93 bits per heavy atom. The number of fused-ring (bicyclic) bond motifs is 1. The van der Waals surface area contributed by atoms with Crippen LogP contribution in [-0.2, 0) is 6.42 Å². The molecule has 0 atom stereocenters. The number of thiazole rings is 1. The van der Waals surface area contributed by atoms with Crippen molar-refractivity contribution in [2.24, 2.45) is 4.99 Å². The monoisotopic (exact) mass is 398 g/mol. The second-order valence-electron chi connectivity index (χ2n) is 6.13. The lowest BCUT2D eigenvalue weighted by atomic mass is 10.2. The normalized spacial score (nSPS) is 11.5. The maximum Gasteiger partial charge on any atom is 0.195 e. The Labute approximate surface area is 169 Å². The van der Waals surface area contributed by atoms with Gasteiger partial charge < -0.3 is 20.1 Å². The van der Waals surface area contributed by atoms with E-state index >= 15 is 0 Å². The minimum atomic E-state index is 0.680. The maximum absolute atomic E-state index is 5.36. The van der Waals surface area contributed by atoms with Crippen LogP contribution in [-0.4, -0.2) is 38.3 Å². The fraction of sp³-hybridized carbons (Fsp3) is 0.333. The molecule has 2 aromatic carbocycles. The number of methoxy groups -OCH3 is 2. The average molecular weight is 399 g/mol. The number of aromatic nitrogens is 1. The van der Waals surface area contributed by atoms with Crippen molar-refractivity contribution >= 4 is 33.2 Å². The van der Waals surface area contributed by atoms with Crippen LogP contribution in [0, 0.1) is 0 Å². The minimum Gasteiger partial charge on any atom is -0.493 e. The van der Waals surface area contributed by atoms with Crippen LogP contribution in [0.5, 0.6) is 11.5 Å². The molecule has 0 fully saturated rings. The summed E-state index contributed by atoms with van der Waals surface area (Å²) in [7, 11) is 3.25. The predicted molar refractivity (Wildman–Crippen MR) is 117 cm³/mol. The van der Waals surface area contributed by atoms with Crippen molar-refractivity contribution in [3.8, 4) is 11.5 Å². The Bertz CT molecular complexity index is 906. The van der Waals surface area contributed by atoms with E-state index in [9.17, 15) is 0 Å². The van der Waals surface area contributed by atoms with Crippen LogP contribution in [0.4, 0.5) is 5.69 Å². The largest absolute Gasteiger partial charge is 0.493 e. The average Bonchev–Trinajstić information content (AvgIpc) is 3.14. The number of para-hydroxylation sites is 1. The molecule has 7 heteroatoms. The molecule has 1 heterocycles. The van der Waals surface area contributed by atoms with Gasteiger partial charge in [0, 0.05) is 31.3 Å². The number of aryl methyl sites for hydroxylation is 1. The van der Waals surface area contributed by atoms with Crippen molar-refractivity contribution < 1.29 is 9.47 Å². The van der Waals surface area contributed by atoms with Gasteiger partial charge in [-0.25, -0.2) is 4.98 Å². The molecule has 2 N–H and O–H groups in total. The molecule has 3 rings (SSSR count). The molecular weight excluding hydrogens is 372 g/mol. The van der Waals surface area contributed by atoms with Gasteiger partial charge in [-0.3, -0.25) is 4.99 Å². The lowest BCUT2D eigenvalue weighted by molar-refractivity contribution is 0.355. The summed E-state index contributed by atoms with van der Waals surface area (Å²) in [6, 6.07) is 14.0. The van der Waals surface area contributed by atoms with Crippen molar-refractivity contribution in [2.75, 3.05) is 32.6 Å². The minimum absolute atomic E-state index is 0.680. The Morgan fingerprint density at radius 3 is 2.68 bits per heavy atom. The van der Waals surface area contributed by atoms with Gasteiger partial charge in [0.1, 0.15) is 0 Å². The molecule has 6 nitrogen and oxygen atoms in total. The van der Waals surface area contributed by atoms with E-state index in [2.05, 4.69) is 38.8 Å². The third kappa shape index (κ3) is 5.13. The zero-order valence-electron chi connectivity index (χ0n) is 16.5. The van der Waals surface area contributed by atoms with E-state index in [-0.39, 0.29) is 0 Å². The highest BCUT2D eigenvalue weighted by Crippen LogP contribution is 2.29. The van der Waals surface area contributed by atoms with Crippen molar-refractivity contribution in [1.82, 2.24) is 10.3 Å². The molecule has 28 heavy (non-hydrogen) atoms. The number of benzene rings is 2. The van der Waals surface area contributed by atoms with E-state index in [4.69, 9.17) is 9.47 Å². The van der Waals surface area contributed by atoms with E-state index in [1.807, 2.05) is 31.2 Å². The van der Waals surface area contributed by atoms with E-state index < -0.39 is 0 Å². The first-order valence-corrected chi connectivity index (χ1v) is 10.2. The van der Waals surface area contributed by atoms with Gasteiger partial charge in [0.25, 0.3) is 0 Å². The van der Waals surface area contributed by atoms with Crippen molar-refractivity contribution in [2.45, 2.75) is 19.8 Å². The summed E-state index contributed by atoms with van der Waals surface area (Å²) >= 11 is 1.76. The molecule has 0 bridgehead atoms. The van der Waals surface area contributed by atoms with Gasteiger partial charge in [-0.2, -0.15) is 0 Å². The molecule has 0 saturated heterocycles. The zero-order chi connectivity index (χ0) is 19.8. The number of anilines is 1. The number of hydrogen-bond acceptors (Lipinski definition) is 5. The lowest BCUT2D eigenvalue weighted by Gasteiger charge is -2.13. The number of guanidine groups is 1. The molecule has 0 spiro atoms. The Hall–Kier alpha value is -2.80. The molecule has 0 saturated carbocycles. The second-order valence-corrected chi connectivity index (χ2v) is 7.25. The van der Waals surface area contributed by atoms with Gasteiger partial charge in [-0.05, 0) is 37.6 Å². The lowest BCUT2D eigenvalue weighted by Crippen LogP contribution is -2.30. The third-order valence-corrected chi connectivity index (χ3v) is 5.24. The van der Waals surface area contributed by atoms with Gasteiger partial charge in [-0.1, -0.05) is 12.1 Å². The van der Waals surface area contributed by atoms with E-state index in [0.717, 1.165) is 48.1 Å². The smallest absolute Gasteiger partial charge is 0.195 e. The number of ether oxygens (including phenoxy) is 2. The molecular formula is C21H26N4O2S. The summed E-state index contributed by atoms with van der Waals surface area (Å²) in [6.45, 7) is 3.56. The Balaban J connectivity index is 1.59. The van der Waals surface area contributed by atoms with Gasteiger partial charge >= 0.3 is 0 Å². The van der Waals surface area contributed by atoms with Gasteiger partial charge in [0.15, 0.2) is 17.5 Å². The molecule has 0 amide bonds. The second kappa shape index (κ2) is 9.94. The van der Waals surface area contributed by atoms with Crippen LogP contribution in [0.25, 0.3) is 10.2 Å². The molecule has 3 aromatic rings. The summed E-state index contributed by atoms with van der Waals surface area (Å²) < 4.78 is 11.9.